The lowest BCUT2D eigenvalue weighted by molar-refractivity contribution is 0.518. The third-order valence-corrected chi connectivity index (χ3v) is 3.48. The number of hydrogen-bond donors (Lipinski definition) is 0. The molecule has 0 heterocycles. The van der Waals surface area contributed by atoms with E-state index in [2.05, 4.69) is 33.9 Å². The van der Waals surface area contributed by atoms with E-state index < -0.39 is 0 Å². The van der Waals surface area contributed by atoms with Crippen molar-refractivity contribution in [3.63, 3.8) is 0 Å². The largest absolute Gasteiger partial charge is 0.206 e. The van der Waals surface area contributed by atoms with Crippen LogP contribution in [0.4, 0.5) is 4.39 Å². The van der Waals surface area contributed by atoms with E-state index in [1.807, 2.05) is 38.1 Å². The quantitative estimate of drug-likeness (QED) is 0.559. The molecule has 0 aliphatic heterocycles. The fourth-order valence-corrected chi connectivity index (χ4v) is 2.33. The van der Waals surface area contributed by atoms with E-state index in [1.54, 1.807) is 12.1 Å². The molecule has 21 heavy (non-hydrogen) atoms. The van der Waals surface area contributed by atoms with Crippen molar-refractivity contribution in [3.05, 3.63) is 72.1 Å². The second-order valence-electron chi connectivity index (χ2n) is 6.36. The van der Waals surface area contributed by atoms with Gasteiger partial charge in [0.2, 0.25) is 0 Å². The van der Waals surface area contributed by atoms with Crippen LogP contribution in [-0.2, 0) is 0 Å². The Labute approximate surface area is 128 Å². The molecule has 0 aliphatic carbocycles. The smallest absolute Gasteiger partial charge is 0.131 e. The topological polar surface area (TPSA) is 0 Å². The monoisotopic (exact) mass is 284 g/mol. The molecule has 0 saturated heterocycles. The molecule has 0 radical (unpaired) electrons. The lowest BCUT2D eigenvalue weighted by Crippen LogP contribution is -2.10. The van der Waals surface area contributed by atoms with Crippen LogP contribution in [0.3, 0.4) is 0 Å². The Kier molecular flexibility index (Phi) is 5.48. The van der Waals surface area contributed by atoms with E-state index in [0.29, 0.717) is 5.56 Å². The molecule has 0 N–H and O–H groups in total. The minimum atomic E-state index is -0.207. The lowest BCUT2D eigenvalue weighted by Gasteiger charge is -2.24. The Hall–Kier alpha value is -1.89. The van der Waals surface area contributed by atoms with Crippen molar-refractivity contribution in [3.8, 4) is 0 Å². The minimum absolute atomic E-state index is 0.0664. The predicted molar refractivity (Wildman–Crippen MR) is 92.5 cm³/mol. The number of benzene rings is 1. The van der Waals surface area contributed by atoms with E-state index in [0.717, 1.165) is 22.3 Å². The van der Waals surface area contributed by atoms with Crippen molar-refractivity contribution in [2.24, 2.45) is 5.41 Å². The average Bonchev–Trinajstić information content (AvgIpc) is 2.37. The van der Waals surface area contributed by atoms with Crippen molar-refractivity contribution >= 4 is 11.1 Å². The Balaban J connectivity index is 3.47. The maximum atomic E-state index is 14.4. The van der Waals surface area contributed by atoms with Crippen LogP contribution in [0.1, 0.15) is 45.7 Å². The van der Waals surface area contributed by atoms with Crippen LogP contribution < -0.4 is 0 Å². The van der Waals surface area contributed by atoms with Crippen molar-refractivity contribution in [2.45, 2.75) is 34.6 Å². The van der Waals surface area contributed by atoms with Crippen LogP contribution in [-0.4, -0.2) is 0 Å². The number of rotatable bonds is 4. The van der Waals surface area contributed by atoms with Gasteiger partial charge in [-0.15, -0.1) is 0 Å². The zero-order chi connectivity index (χ0) is 16.2. The third kappa shape index (κ3) is 4.29. The highest BCUT2D eigenvalue weighted by molar-refractivity contribution is 5.73. The standard InChI is InChI=1S/C20H25F/c1-8-9-10-18(20(5,6)7)15(4)17-12-11-16(14(2)3)13-19(17)21/h8-13H,1-2H2,3-7H3/b10-9-,18-15-. The first kappa shape index (κ1) is 17.2. The summed E-state index contributed by atoms with van der Waals surface area (Å²) < 4.78 is 14.4. The molecular formula is C20H25F. The van der Waals surface area contributed by atoms with Gasteiger partial charge in [-0.3, -0.25) is 0 Å². The van der Waals surface area contributed by atoms with Crippen LogP contribution in [0.25, 0.3) is 11.1 Å². The molecule has 0 amide bonds. The van der Waals surface area contributed by atoms with Crippen LogP contribution >= 0.6 is 0 Å². The van der Waals surface area contributed by atoms with Crippen LogP contribution in [0.15, 0.2) is 55.2 Å². The zero-order valence-corrected chi connectivity index (χ0v) is 13.8. The van der Waals surface area contributed by atoms with Gasteiger partial charge in [0, 0.05) is 5.56 Å². The van der Waals surface area contributed by atoms with Gasteiger partial charge in [0.05, 0.1) is 0 Å². The normalized spacial score (nSPS) is 13.2. The van der Waals surface area contributed by atoms with Crippen molar-refractivity contribution in [1.82, 2.24) is 0 Å². The van der Waals surface area contributed by atoms with E-state index in [-0.39, 0.29) is 11.2 Å². The van der Waals surface area contributed by atoms with Crippen molar-refractivity contribution in [2.75, 3.05) is 0 Å². The summed E-state index contributed by atoms with van der Waals surface area (Å²) in [6.45, 7) is 17.8. The summed E-state index contributed by atoms with van der Waals surface area (Å²) in [6, 6.07) is 5.31. The molecule has 0 bridgehead atoms. The highest BCUT2D eigenvalue weighted by atomic mass is 19.1. The third-order valence-electron chi connectivity index (χ3n) is 3.48. The fourth-order valence-electron chi connectivity index (χ4n) is 2.33. The van der Waals surface area contributed by atoms with Crippen LogP contribution in [0, 0.1) is 11.2 Å². The summed E-state index contributed by atoms with van der Waals surface area (Å²) in [6.07, 6.45) is 5.64. The molecule has 1 heteroatoms. The predicted octanol–water partition coefficient (Wildman–Crippen LogP) is 6.42. The molecule has 1 aromatic carbocycles. The average molecular weight is 284 g/mol. The molecule has 112 valence electrons. The van der Waals surface area contributed by atoms with Gasteiger partial charge in [0.1, 0.15) is 5.82 Å². The zero-order valence-electron chi connectivity index (χ0n) is 13.8. The summed E-state index contributed by atoms with van der Waals surface area (Å²) in [7, 11) is 0. The van der Waals surface area contributed by atoms with Gasteiger partial charge >= 0.3 is 0 Å². The molecule has 0 fully saturated rings. The molecule has 0 aliphatic rings. The Morgan fingerprint density at radius 1 is 1.19 bits per heavy atom. The van der Waals surface area contributed by atoms with E-state index in [1.165, 1.54) is 0 Å². The Morgan fingerprint density at radius 3 is 2.24 bits per heavy atom. The van der Waals surface area contributed by atoms with Gasteiger partial charge < -0.3 is 0 Å². The van der Waals surface area contributed by atoms with Gasteiger partial charge in [0.25, 0.3) is 0 Å². The first-order valence-corrected chi connectivity index (χ1v) is 7.14. The number of halogens is 1. The lowest BCUT2D eigenvalue weighted by atomic mass is 9.81. The van der Waals surface area contributed by atoms with Gasteiger partial charge in [-0.1, -0.05) is 69.9 Å². The summed E-state index contributed by atoms with van der Waals surface area (Å²) in [4.78, 5) is 0. The summed E-state index contributed by atoms with van der Waals surface area (Å²) >= 11 is 0. The molecule has 1 rings (SSSR count). The molecule has 1 aromatic rings. The highest BCUT2D eigenvalue weighted by Gasteiger charge is 2.19. The molecule has 0 aromatic heterocycles. The van der Waals surface area contributed by atoms with E-state index in [4.69, 9.17) is 0 Å². The van der Waals surface area contributed by atoms with Crippen LogP contribution in [0.2, 0.25) is 0 Å². The Bertz CT molecular complexity index is 607. The van der Waals surface area contributed by atoms with Gasteiger partial charge in [0.15, 0.2) is 0 Å². The fraction of sp³-hybridized carbons (Fsp3) is 0.300. The number of hydrogen-bond acceptors (Lipinski definition) is 0. The molecule has 0 spiro atoms. The maximum absolute atomic E-state index is 14.4. The summed E-state index contributed by atoms with van der Waals surface area (Å²) in [5.74, 6) is -0.207. The number of allylic oxidation sites excluding steroid dienone is 6. The molecule has 0 saturated carbocycles. The molecular weight excluding hydrogens is 259 g/mol. The SMILES string of the molecule is C=C/C=C\C(=C(/C)c1ccc(C(=C)C)cc1F)C(C)(C)C. The van der Waals surface area contributed by atoms with E-state index >= 15 is 0 Å². The summed E-state index contributed by atoms with van der Waals surface area (Å²) in [5, 5.41) is 0. The van der Waals surface area contributed by atoms with E-state index in [9.17, 15) is 4.39 Å². The van der Waals surface area contributed by atoms with Crippen LogP contribution in [0.5, 0.6) is 0 Å². The van der Waals surface area contributed by atoms with Gasteiger partial charge in [-0.25, -0.2) is 4.39 Å². The van der Waals surface area contributed by atoms with Gasteiger partial charge in [-0.2, -0.15) is 0 Å². The Morgan fingerprint density at radius 2 is 1.81 bits per heavy atom. The van der Waals surface area contributed by atoms with Crippen molar-refractivity contribution in [1.29, 1.82) is 0 Å². The first-order chi connectivity index (χ1) is 9.68. The van der Waals surface area contributed by atoms with Gasteiger partial charge in [-0.05, 0) is 42.0 Å². The van der Waals surface area contributed by atoms with Crippen molar-refractivity contribution < 1.29 is 4.39 Å². The minimum Gasteiger partial charge on any atom is -0.206 e. The molecule has 0 atom stereocenters. The molecule has 0 nitrogen and oxygen atoms in total. The second kappa shape index (κ2) is 6.71. The maximum Gasteiger partial charge on any atom is 0.131 e. The summed E-state index contributed by atoms with van der Waals surface area (Å²) in [5.41, 5.74) is 4.32. The molecule has 0 unspecified atom stereocenters. The first-order valence-electron chi connectivity index (χ1n) is 7.14. The highest BCUT2D eigenvalue weighted by Crippen LogP contribution is 2.34. The second-order valence-corrected chi connectivity index (χ2v) is 6.36.